The minimum absolute atomic E-state index is 0.0494. The van der Waals surface area contributed by atoms with Crippen LogP contribution in [0.1, 0.15) is 37.9 Å². The van der Waals surface area contributed by atoms with Crippen molar-refractivity contribution in [1.82, 2.24) is 10.6 Å². The Morgan fingerprint density at radius 1 is 1.36 bits per heavy atom. The first-order valence-electron chi connectivity index (χ1n) is 7.58. The summed E-state index contributed by atoms with van der Waals surface area (Å²) in [5.74, 6) is 0.858. The van der Waals surface area contributed by atoms with Crippen molar-refractivity contribution in [3.8, 4) is 0 Å². The molecule has 1 rings (SSSR count). The van der Waals surface area contributed by atoms with E-state index in [1.807, 2.05) is 37.4 Å². The predicted octanol–water partition coefficient (Wildman–Crippen LogP) is 3.11. The highest BCUT2D eigenvalue weighted by atomic mass is 32.2. The molecule has 0 aliphatic rings. The van der Waals surface area contributed by atoms with Gasteiger partial charge in [-0.1, -0.05) is 38.1 Å². The van der Waals surface area contributed by atoms with Gasteiger partial charge in [-0.2, -0.15) is 11.8 Å². The average Bonchev–Trinajstić information content (AvgIpc) is 2.43. The van der Waals surface area contributed by atoms with Gasteiger partial charge in [0.25, 0.3) is 0 Å². The van der Waals surface area contributed by atoms with Crippen molar-refractivity contribution in [2.45, 2.75) is 39.3 Å². The fourth-order valence-electron chi connectivity index (χ4n) is 2.36. The predicted molar refractivity (Wildman–Crippen MR) is 94.3 cm³/mol. The van der Waals surface area contributed by atoms with Crippen LogP contribution in [0.4, 0.5) is 4.79 Å². The van der Waals surface area contributed by atoms with E-state index >= 15 is 0 Å². The van der Waals surface area contributed by atoms with Crippen LogP contribution < -0.4 is 10.6 Å². The number of amides is 2. The van der Waals surface area contributed by atoms with Gasteiger partial charge in [-0.05, 0) is 37.1 Å². The Bertz CT molecular complexity index is 489. The van der Waals surface area contributed by atoms with Gasteiger partial charge in [0.15, 0.2) is 0 Å². The highest BCUT2D eigenvalue weighted by Crippen LogP contribution is 2.24. The molecule has 124 valence electrons. The number of aliphatic hydroxyl groups is 1. The molecular formula is C17H28N2O2S. The van der Waals surface area contributed by atoms with Crippen LogP contribution in [0.25, 0.3) is 0 Å². The van der Waals surface area contributed by atoms with Crippen molar-refractivity contribution in [3.63, 3.8) is 0 Å². The van der Waals surface area contributed by atoms with Crippen LogP contribution in [-0.4, -0.2) is 35.3 Å². The Hall–Kier alpha value is -1.20. The summed E-state index contributed by atoms with van der Waals surface area (Å²) in [7, 11) is 0. The smallest absolute Gasteiger partial charge is 0.315 e. The lowest BCUT2D eigenvalue weighted by Gasteiger charge is -2.27. The lowest BCUT2D eigenvalue weighted by atomic mass is 9.93. The zero-order chi connectivity index (χ0) is 16.8. The number of carbonyl (C=O) groups is 1. The quantitative estimate of drug-likeness (QED) is 0.722. The van der Waals surface area contributed by atoms with E-state index in [1.54, 1.807) is 18.7 Å². The summed E-state index contributed by atoms with van der Waals surface area (Å²) in [6.07, 6.45) is 1.93. The maximum absolute atomic E-state index is 12.2. The minimum Gasteiger partial charge on any atom is -0.387 e. The summed E-state index contributed by atoms with van der Waals surface area (Å²) in [5.41, 5.74) is 1.40. The molecular weight excluding hydrogens is 296 g/mol. The third kappa shape index (κ3) is 5.89. The number of urea groups is 1. The SMILES string of the molecule is CSCC(C)(O)CNC(=O)NC(c1ccccc1C)C(C)C. The monoisotopic (exact) mass is 324 g/mol. The topological polar surface area (TPSA) is 61.4 Å². The van der Waals surface area contributed by atoms with Gasteiger partial charge in [0, 0.05) is 12.3 Å². The van der Waals surface area contributed by atoms with Crippen LogP contribution in [0, 0.1) is 12.8 Å². The molecule has 0 heterocycles. The first-order valence-corrected chi connectivity index (χ1v) is 8.97. The van der Waals surface area contributed by atoms with E-state index in [-0.39, 0.29) is 24.5 Å². The molecule has 0 fully saturated rings. The second kappa shape index (κ2) is 8.44. The molecule has 4 nitrogen and oxygen atoms in total. The molecule has 5 heteroatoms. The van der Waals surface area contributed by atoms with Crippen molar-refractivity contribution >= 4 is 17.8 Å². The van der Waals surface area contributed by atoms with E-state index in [4.69, 9.17) is 0 Å². The normalized spacial score (nSPS) is 15.2. The van der Waals surface area contributed by atoms with Crippen molar-refractivity contribution in [2.24, 2.45) is 5.92 Å². The number of hydrogen-bond acceptors (Lipinski definition) is 3. The summed E-state index contributed by atoms with van der Waals surface area (Å²) in [4.78, 5) is 12.2. The Kier molecular flexibility index (Phi) is 7.23. The highest BCUT2D eigenvalue weighted by Gasteiger charge is 2.23. The first kappa shape index (κ1) is 18.8. The summed E-state index contributed by atoms with van der Waals surface area (Å²) in [6.45, 7) is 8.18. The van der Waals surface area contributed by atoms with Crippen LogP contribution >= 0.6 is 11.8 Å². The van der Waals surface area contributed by atoms with Crippen LogP contribution in [0.2, 0.25) is 0 Å². The third-order valence-electron chi connectivity index (χ3n) is 3.56. The van der Waals surface area contributed by atoms with E-state index < -0.39 is 5.60 Å². The molecule has 0 aromatic heterocycles. The van der Waals surface area contributed by atoms with Crippen LogP contribution in [0.15, 0.2) is 24.3 Å². The van der Waals surface area contributed by atoms with Gasteiger partial charge >= 0.3 is 6.03 Å². The Morgan fingerprint density at radius 3 is 2.55 bits per heavy atom. The largest absolute Gasteiger partial charge is 0.387 e. The fourth-order valence-corrected chi connectivity index (χ4v) is 3.09. The summed E-state index contributed by atoms with van der Waals surface area (Å²) < 4.78 is 0. The Balaban J connectivity index is 2.69. The molecule has 1 aromatic rings. The highest BCUT2D eigenvalue weighted by molar-refractivity contribution is 7.98. The van der Waals surface area contributed by atoms with Gasteiger partial charge in [-0.15, -0.1) is 0 Å². The van der Waals surface area contributed by atoms with Crippen molar-refractivity contribution in [1.29, 1.82) is 0 Å². The fraction of sp³-hybridized carbons (Fsp3) is 0.588. The van der Waals surface area contributed by atoms with E-state index in [2.05, 4.69) is 24.5 Å². The number of benzene rings is 1. The number of aryl methyl sites for hydroxylation is 1. The number of hydrogen-bond donors (Lipinski definition) is 3. The van der Waals surface area contributed by atoms with E-state index in [9.17, 15) is 9.90 Å². The first-order chi connectivity index (χ1) is 10.3. The molecule has 0 bridgehead atoms. The number of rotatable bonds is 7. The second-order valence-electron chi connectivity index (χ2n) is 6.34. The zero-order valence-corrected chi connectivity index (χ0v) is 15.0. The summed E-state index contributed by atoms with van der Waals surface area (Å²) >= 11 is 1.56. The van der Waals surface area contributed by atoms with E-state index in [0.29, 0.717) is 5.75 Å². The Morgan fingerprint density at radius 2 is 2.00 bits per heavy atom. The molecule has 3 N–H and O–H groups in total. The van der Waals surface area contributed by atoms with Crippen molar-refractivity contribution < 1.29 is 9.90 Å². The van der Waals surface area contributed by atoms with Gasteiger partial charge in [0.2, 0.25) is 0 Å². The molecule has 2 atom stereocenters. The maximum atomic E-state index is 12.2. The van der Waals surface area contributed by atoms with Crippen LogP contribution in [0.3, 0.4) is 0 Å². The third-order valence-corrected chi connectivity index (χ3v) is 4.47. The van der Waals surface area contributed by atoms with Gasteiger partial charge in [-0.3, -0.25) is 0 Å². The van der Waals surface area contributed by atoms with Crippen molar-refractivity contribution in [2.75, 3.05) is 18.6 Å². The molecule has 2 unspecified atom stereocenters. The molecule has 2 amide bonds. The molecule has 1 aromatic carbocycles. The lowest BCUT2D eigenvalue weighted by Crippen LogP contribution is -2.47. The second-order valence-corrected chi connectivity index (χ2v) is 7.20. The average molecular weight is 324 g/mol. The zero-order valence-electron chi connectivity index (χ0n) is 14.1. The Labute approximate surface area is 138 Å². The molecule has 0 spiro atoms. The van der Waals surface area contributed by atoms with E-state index in [1.165, 1.54) is 0 Å². The van der Waals surface area contributed by atoms with Gasteiger partial charge in [0.1, 0.15) is 0 Å². The van der Waals surface area contributed by atoms with Gasteiger partial charge in [-0.25, -0.2) is 4.79 Å². The van der Waals surface area contributed by atoms with Gasteiger partial charge < -0.3 is 15.7 Å². The van der Waals surface area contributed by atoms with Crippen LogP contribution in [-0.2, 0) is 0 Å². The molecule has 0 aliphatic carbocycles. The number of thioether (sulfide) groups is 1. The molecule has 0 radical (unpaired) electrons. The van der Waals surface area contributed by atoms with Crippen LogP contribution in [0.5, 0.6) is 0 Å². The molecule has 22 heavy (non-hydrogen) atoms. The standard InChI is InChI=1S/C17H28N2O2S/c1-12(2)15(14-9-7-6-8-13(14)3)19-16(20)18-10-17(4,21)11-22-5/h6-9,12,15,21H,10-11H2,1-5H3,(H2,18,19,20). The summed E-state index contributed by atoms with van der Waals surface area (Å²) in [5, 5.41) is 15.9. The van der Waals surface area contributed by atoms with Gasteiger partial charge in [0.05, 0.1) is 11.6 Å². The lowest BCUT2D eigenvalue weighted by molar-refractivity contribution is 0.0867. The molecule has 0 aliphatic heterocycles. The summed E-state index contributed by atoms with van der Waals surface area (Å²) in [6, 6.07) is 7.78. The molecule has 0 saturated carbocycles. The van der Waals surface area contributed by atoms with E-state index in [0.717, 1.165) is 11.1 Å². The maximum Gasteiger partial charge on any atom is 0.315 e. The molecule has 0 saturated heterocycles. The number of nitrogens with one attached hydrogen (secondary N) is 2. The minimum atomic E-state index is -0.896. The number of carbonyl (C=O) groups excluding carboxylic acids is 1. The van der Waals surface area contributed by atoms with Crippen molar-refractivity contribution in [3.05, 3.63) is 35.4 Å².